The zero-order valence-electron chi connectivity index (χ0n) is 13.2. The fourth-order valence-electron chi connectivity index (χ4n) is 2.38. The lowest BCUT2D eigenvalue weighted by Gasteiger charge is -2.11. The largest absolute Gasteiger partial charge is 0.351 e. The molecule has 0 aliphatic carbocycles. The summed E-state index contributed by atoms with van der Waals surface area (Å²) in [6, 6.07) is 5.63. The van der Waals surface area contributed by atoms with E-state index in [4.69, 9.17) is 0 Å². The summed E-state index contributed by atoms with van der Waals surface area (Å²) in [4.78, 5) is 23.7. The molecule has 6 nitrogen and oxygen atoms in total. The summed E-state index contributed by atoms with van der Waals surface area (Å²) in [5, 5.41) is 5.00. The Kier molecular flexibility index (Phi) is 5.71. The molecule has 1 aliphatic rings. The molecule has 1 aromatic rings. The van der Waals surface area contributed by atoms with Crippen molar-refractivity contribution in [3.63, 3.8) is 0 Å². The van der Waals surface area contributed by atoms with Gasteiger partial charge in [0.25, 0.3) is 0 Å². The van der Waals surface area contributed by atoms with Gasteiger partial charge in [-0.1, -0.05) is 18.2 Å². The van der Waals surface area contributed by atoms with E-state index in [2.05, 4.69) is 10.6 Å². The molecule has 1 aliphatic heterocycles. The first-order valence-electron chi connectivity index (χ1n) is 7.47. The van der Waals surface area contributed by atoms with Crippen molar-refractivity contribution in [2.24, 2.45) is 0 Å². The molecule has 0 radical (unpaired) electrons. The quantitative estimate of drug-likeness (QED) is 0.760. The van der Waals surface area contributed by atoms with Gasteiger partial charge < -0.3 is 10.6 Å². The Balaban J connectivity index is 1.84. The highest BCUT2D eigenvalue weighted by Gasteiger charge is 2.28. The highest BCUT2D eigenvalue weighted by Crippen LogP contribution is 2.12. The SMILES string of the molecule is C/C(=C\c1ccccc1F)C(=O)NCC(=O)NC1CCS(=O)(=O)C1. The maximum absolute atomic E-state index is 13.5. The van der Waals surface area contributed by atoms with Crippen molar-refractivity contribution in [1.82, 2.24) is 10.6 Å². The van der Waals surface area contributed by atoms with Crippen LogP contribution in [-0.2, 0) is 19.4 Å². The zero-order chi connectivity index (χ0) is 17.7. The van der Waals surface area contributed by atoms with E-state index >= 15 is 0 Å². The van der Waals surface area contributed by atoms with Crippen molar-refractivity contribution in [2.45, 2.75) is 19.4 Å². The van der Waals surface area contributed by atoms with E-state index in [0.29, 0.717) is 6.42 Å². The second-order valence-electron chi connectivity index (χ2n) is 5.70. The molecule has 130 valence electrons. The molecule has 1 fully saturated rings. The van der Waals surface area contributed by atoms with Crippen molar-refractivity contribution in [3.8, 4) is 0 Å². The van der Waals surface area contributed by atoms with E-state index in [9.17, 15) is 22.4 Å². The third-order valence-corrected chi connectivity index (χ3v) is 5.41. The molecule has 1 unspecified atom stereocenters. The third kappa shape index (κ3) is 5.16. The smallest absolute Gasteiger partial charge is 0.247 e. The van der Waals surface area contributed by atoms with Crippen LogP contribution < -0.4 is 10.6 Å². The molecule has 24 heavy (non-hydrogen) atoms. The summed E-state index contributed by atoms with van der Waals surface area (Å²) >= 11 is 0. The number of carbonyl (C=O) groups excluding carboxylic acids is 2. The van der Waals surface area contributed by atoms with E-state index in [1.54, 1.807) is 18.2 Å². The fourth-order valence-corrected chi connectivity index (χ4v) is 4.05. The predicted octanol–water partition coefficient (Wildman–Crippen LogP) is 0.648. The van der Waals surface area contributed by atoms with Gasteiger partial charge in [-0.25, -0.2) is 12.8 Å². The van der Waals surface area contributed by atoms with Gasteiger partial charge in [-0.3, -0.25) is 9.59 Å². The first-order chi connectivity index (χ1) is 11.3. The summed E-state index contributed by atoms with van der Waals surface area (Å²) < 4.78 is 36.2. The second kappa shape index (κ2) is 7.57. The van der Waals surface area contributed by atoms with Crippen LogP contribution in [0.4, 0.5) is 4.39 Å². The van der Waals surface area contributed by atoms with Crippen LogP contribution in [0.1, 0.15) is 18.9 Å². The molecule has 8 heteroatoms. The first-order valence-corrected chi connectivity index (χ1v) is 9.30. The number of halogens is 1. The molecule has 1 aromatic carbocycles. The average molecular weight is 354 g/mol. The molecule has 1 atom stereocenters. The number of carbonyl (C=O) groups is 2. The van der Waals surface area contributed by atoms with Gasteiger partial charge in [0.05, 0.1) is 18.1 Å². The topological polar surface area (TPSA) is 92.3 Å². The van der Waals surface area contributed by atoms with Crippen molar-refractivity contribution >= 4 is 27.7 Å². The van der Waals surface area contributed by atoms with Gasteiger partial charge in [-0.15, -0.1) is 0 Å². The summed E-state index contributed by atoms with van der Waals surface area (Å²) in [5.74, 6) is -1.39. The van der Waals surface area contributed by atoms with E-state index in [1.165, 1.54) is 19.1 Å². The molecular formula is C16H19FN2O4S. The number of sulfone groups is 1. The Morgan fingerprint density at radius 2 is 2.04 bits per heavy atom. The molecule has 2 amide bonds. The Hall–Kier alpha value is -2.22. The lowest BCUT2D eigenvalue weighted by atomic mass is 10.1. The zero-order valence-corrected chi connectivity index (χ0v) is 14.0. The Bertz CT molecular complexity index is 774. The van der Waals surface area contributed by atoms with Crippen LogP contribution in [0.25, 0.3) is 6.08 Å². The van der Waals surface area contributed by atoms with Crippen molar-refractivity contribution < 1.29 is 22.4 Å². The highest BCUT2D eigenvalue weighted by atomic mass is 32.2. The standard InChI is InChI=1S/C16H19FN2O4S/c1-11(8-12-4-2-3-5-14(12)17)16(21)18-9-15(20)19-13-6-7-24(22,23)10-13/h2-5,8,13H,6-7,9-10H2,1H3,(H,18,21)(H,19,20)/b11-8+. The minimum atomic E-state index is -3.07. The lowest BCUT2D eigenvalue weighted by Crippen LogP contribution is -2.42. The number of amides is 2. The third-order valence-electron chi connectivity index (χ3n) is 3.64. The van der Waals surface area contributed by atoms with E-state index in [-0.39, 0.29) is 29.2 Å². The summed E-state index contributed by atoms with van der Waals surface area (Å²) in [6.07, 6.45) is 1.78. The van der Waals surface area contributed by atoms with Crippen LogP contribution >= 0.6 is 0 Å². The van der Waals surface area contributed by atoms with Gasteiger partial charge in [-0.05, 0) is 25.5 Å². The molecule has 2 N–H and O–H groups in total. The molecule has 0 bridgehead atoms. The molecular weight excluding hydrogens is 335 g/mol. The molecule has 1 saturated heterocycles. The molecule has 0 spiro atoms. The Morgan fingerprint density at radius 3 is 2.67 bits per heavy atom. The Morgan fingerprint density at radius 1 is 1.33 bits per heavy atom. The number of hydrogen-bond donors (Lipinski definition) is 2. The van der Waals surface area contributed by atoms with E-state index < -0.39 is 33.5 Å². The minimum Gasteiger partial charge on any atom is -0.351 e. The van der Waals surface area contributed by atoms with E-state index in [0.717, 1.165) is 0 Å². The van der Waals surface area contributed by atoms with Crippen molar-refractivity contribution in [3.05, 3.63) is 41.2 Å². The molecule has 2 rings (SSSR count). The maximum Gasteiger partial charge on any atom is 0.247 e. The first kappa shape index (κ1) is 18.1. The average Bonchev–Trinajstić information content (AvgIpc) is 2.85. The number of nitrogens with one attached hydrogen (secondary N) is 2. The number of hydrogen-bond acceptors (Lipinski definition) is 4. The van der Waals surface area contributed by atoms with Gasteiger partial charge >= 0.3 is 0 Å². The van der Waals surface area contributed by atoms with Gasteiger partial charge in [-0.2, -0.15) is 0 Å². The van der Waals surface area contributed by atoms with Crippen LogP contribution in [0.15, 0.2) is 29.8 Å². The van der Waals surface area contributed by atoms with Crippen LogP contribution in [-0.4, -0.2) is 44.3 Å². The fraction of sp³-hybridized carbons (Fsp3) is 0.375. The van der Waals surface area contributed by atoms with Gasteiger partial charge in [0, 0.05) is 17.2 Å². The molecule has 0 saturated carbocycles. The molecule has 1 heterocycles. The monoisotopic (exact) mass is 354 g/mol. The number of rotatable bonds is 5. The van der Waals surface area contributed by atoms with Crippen LogP contribution in [0.3, 0.4) is 0 Å². The minimum absolute atomic E-state index is 0.0643. The highest BCUT2D eigenvalue weighted by molar-refractivity contribution is 7.91. The van der Waals surface area contributed by atoms with Gasteiger partial charge in [0.1, 0.15) is 5.82 Å². The maximum atomic E-state index is 13.5. The summed E-state index contributed by atoms with van der Waals surface area (Å²) in [5.41, 5.74) is 0.544. The summed E-state index contributed by atoms with van der Waals surface area (Å²) in [7, 11) is -3.07. The van der Waals surface area contributed by atoms with Crippen LogP contribution in [0.5, 0.6) is 0 Å². The van der Waals surface area contributed by atoms with Crippen LogP contribution in [0, 0.1) is 5.82 Å². The van der Waals surface area contributed by atoms with Gasteiger partial charge in [0.15, 0.2) is 9.84 Å². The van der Waals surface area contributed by atoms with Crippen molar-refractivity contribution in [1.29, 1.82) is 0 Å². The Labute approximate surface area is 140 Å². The van der Waals surface area contributed by atoms with Crippen molar-refractivity contribution in [2.75, 3.05) is 18.1 Å². The predicted molar refractivity (Wildman–Crippen MR) is 88.3 cm³/mol. The van der Waals surface area contributed by atoms with Crippen LogP contribution in [0.2, 0.25) is 0 Å². The lowest BCUT2D eigenvalue weighted by molar-refractivity contribution is -0.124. The van der Waals surface area contributed by atoms with E-state index in [1.807, 2.05) is 0 Å². The second-order valence-corrected chi connectivity index (χ2v) is 7.93. The van der Waals surface area contributed by atoms with Gasteiger partial charge in [0.2, 0.25) is 11.8 Å². The molecule has 0 aromatic heterocycles. The normalized spacial score (nSPS) is 19.8. The summed E-state index contributed by atoms with van der Waals surface area (Å²) in [6.45, 7) is 1.25. The number of benzene rings is 1.